The van der Waals surface area contributed by atoms with Crippen molar-refractivity contribution in [2.24, 2.45) is 0 Å². The van der Waals surface area contributed by atoms with Gasteiger partial charge < -0.3 is 20.5 Å². The molecule has 0 fully saturated rings. The molecule has 6 heteroatoms. The van der Waals surface area contributed by atoms with Crippen LogP contribution in [0.1, 0.15) is 12.5 Å². The number of methoxy groups -OCH3 is 1. The molecule has 0 aliphatic heterocycles. The molecule has 1 aromatic rings. The van der Waals surface area contributed by atoms with E-state index in [-0.39, 0.29) is 24.2 Å². The van der Waals surface area contributed by atoms with Crippen LogP contribution in [0.3, 0.4) is 0 Å². The first kappa shape index (κ1) is 15.0. The van der Waals surface area contributed by atoms with Crippen LogP contribution in [-0.4, -0.2) is 36.7 Å². The van der Waals surface area contributed by atoms with Crippen LogP contribution in [0.25, 0.3) is 0 Å². The first-order valence-electron chi connectivity index (χ1n) is 5.84. The van der Waals surface area contributed by atoms with Gasteiger partial charge in [0.1, 0.15) is 11.8 Å². The molecule has 1 rings (SSSR count). The standard InChI is InChI=1S/C13H18N2O4/c1-9(16)15-12(8-19-2)13(18)14-7-10-3-5-11(17)6-4-10/h3-6,12,17H,7-8H2,1-2H3,(H,14,18)(H,15,16)/t12-/m0/s1. The van der Waals surface area contributed by atoms with Crippen LogP contribution in [0.4, 0.5) is 0 Å². The highest BCUT2D eigenvalue weighted by atomic mass is 16.5. The highest BCUT2D eigenvalue weighted by Crippen LogP contribution is 2.09. The lowest BCUT2D eigenvalue weighted by atomic mass is 10.2. The number of aromatic hydroxyl groups is 1. The molecule has 0 spiro atoms. The summed E-state index contributed by atoms with van der Waals surface area (Å²) in [4.78, 5) is 22.8. The van der Waals surface area contributed by atoms with E-state index in [0.717, 1.165) is 5.56 Å². The van der Waals surface area contributed by atoms with Crippen molar-refractivity contribution in [1.82, 2.24) is 10.6 Å². The zero-order valence-corrected chi connectivity index (χ0v) is 11.0. The van der Waals surface area contributed by atoms with E-state index in [1.165, 1.54) is 14.0 Å². The number of hydrogen-bond donors (Lipinski definition) is 3. The minimum atomic E-state index is -0.709. The molecule has 0 saturated heterocycles. The third-order valence-corrected chi connectivity index (χ3v) is 2.43. The predicted octanol–water partition coefficient (Wildman–Crippen LogP) is 0.160. The van der Waals surface area contributed by atoms with Gasteiger partial charge in [0.2, 0.25) is 11.8 Å². The molecule has 0 unspecified atom stereocenters. The maximum atomic E-state index is 11.9. The second-order valence-corrected chi connectivity index (χ2v) is 4.09. The molecule has 6 nitrogen and oxygen atoms in total. The van der Waals surface area contributed by atoms with Crippen molar-refractivity contribution in [2.75, 3.05) is 13.7 Å². The quantitative estimate of drug-likeness (QED) is 0.684. The number of benzene rings is 1. The lowest BCUT2D eigenvalue weighted by molar-refractivity contribution is -0.129. The first-order chi connectivity index (χ1) is 9.02. The maximum absolute atomic E-state index is 11.9. The Hall–Kier alpha value is -2.08. The molecular weight excluding hydrogens is 248 g/mol. The summed E-state index contributed by atoms with van der Waals surface area (Å²) in [5.74, 6) is -0.433. The molecule has 0 aliphatic carbocycles. The van der Waals surface area contributed by atoms with Gasteiger partial charge in [-0.05, 0) is 17.7 Å². The van der Waals surface area contributed by atoms with Gasteiger partial charge in [0.15, 0.2) is 0 Å². The Bertz CT molecular complexity index is 431. The van der Waals surface area contributed by atoms with Gasteiger partial charge in [0, 0.05) is 20.6 Å². The van der Waals surface area contributed by atoms with Crippen LogP contribution in [-0.2, 0) is 20.9 Å². The summed E-state index contributed by atoms with van der Waals surface area (Å²) < 4.78 is 4.89. The van der Waals surface area contributed by atoms with Crippen molar-refractivity contribution in [3.8, 4) is 5.75 Å². The molecule has 0 aliphatic rings. The highest BCUT2D eigenvalue weighted by Gasteiger charge is 2.18. The van der Waals surface area contributed by atoms with Gasteiger partial charge in [-0.15, -0.1) is 0 Å². The molecule has 19 heavy (non-hydrogen) atoms. The van der Waals surface area contributed by atoms with E-state index in [4.69, 9.17) is 9.84 Å². The lowest BCUT2D eigenvalue weighted by Gasteiger charge is -2.16. The highest BCUT2D eigenvalue weighted by molar-refractivity contribution is 5.86. The zero-order chi connectivity index (χ0) is 14.3. The average Bonchev–Trinajstić information content (AvgIpc) is 2.37. The maximum Gasteiger partial charge on any atom is 0.245 e. The van der Waals surface area contributed by atoms with E-state index in [9.17, 15) is 9.59 Å². The fraction of sp³-hybridized carbons (Fsp3) is 0.385. The Labute approximate surface area is 111 Å². The summed E-state index contributed by atoms with van der Waals surface area (Å²) in [5, 5.41) is 14.3. The second-order valence-electron chi connectivity index (χ2n) is 4.09. The lowest BCUT2D eigenvalue weighted by Crippen LogP contribution is -2.48. The van der Waals surface area contributed by atoms with Gasteiger partial charge in [0.05, 0.1) is 6.61 Å². The number of rotatable bonds is 6. The predicted molar refractivity (Wildman–Crippen MR) is 69.4 cm³/mol. The van der Waals surface area contributed by atoms with E-state index in [1.807, 2.05) is 0 Å². The molecule has 1 aromatic carbocycles. The summed E-state index contributed by atoms with van der Waals surface area (Å²) in [6.45, 7) is 1.77. The van der Waals surface area contributed by atoms with Gasteiger partial charge in [0.25, 0.3) is 0 Å². The molecule has 0 saturated carbocycles. The second kappa shape index (κ2) is 7.38. The number of phenolic OH excluding ortho intramolecular Hbond substituents is 1. The van der Waals surface area contributed by atoms with Gasteiger partial charge >= 0.3 is 0 Å². The molecule has 3 N–H and O–H groups in total. The van der Waals surface area contributed by atoms with E-state index < -0.39 is 6.04 Å². The van der Waals surface area contributed by atoms with Crippen LogP contribution < -0.4 is 10.6 Å². The summed E-state index contributed by atoms with van der Waals surface area (Å²) in [6, 6.07) is 5.79. The number of phenols is 1. The van der Waals surface area contributed by atoms with Crippen molar-refractivity contribution in [3.05, 3.63) is 29.8 Å². The number of carbonyl (C=O) groups is 2. The summed E-state index contributed by atoms with van der Waals surface area (Å²) in [6.07, 6.45) is 0. The topological polar surface area (TPSA) is 87.7 Å². The Morgan fingerprint density at radius 1 is 1.32 bits per heavy atom. The minimum Gasteiger partial charge on any atom is -0.508 e. The number of ether oxygens (including phenoxy) is 1. The monoisotopic (exact) mass is 266 g/mol. The van der Waals surface area contributed by atoms with Crippen molar-refractivity contribution < 1.29 is 19.4 Å². The summed E-state index contributed by atoms with van der Waals surface area (Å²) >= 11 is 0. The Balaban J connectivity index is 2.51. The van der Waals surface area contributed by atoms with Gasteiger partial charge in [-0.25, -0.2) is 0 Å². The number of nitrogens with one attached hydrogen (secondary N) is 2. The van der Waals surface area contributed by atoms with Crippen molar-refractivity contribution in [3.63, 3.8) is 0 Å². The fourth-order valence-corrected chi connectivity index (χ4v) is 1.52. The molecule has 0 bridgehead atoms. The van der Waals surface area contributed by atoms with Crippen molar-refractivity contribution in [2.45, 2.75) is 19.5 Å². The van der Waals surface area contributed by atoms with E-state index in [0.29, 0.717) is 6.54 Å². The van der Waals surface area contributed by atoms with E-state index in [2.05, 4.69) is 10.6 Å². The van der Waals surface area contributed by atoms with Gasteiger partial charge in [-0.1, -0.05) is 12.1 Å². The van der Waals surface area contributed by atoms with Crippen molar-refractivity contribution in [1.29, 1.82) is 0 Å². The fourth-order valence-electron chi connectivity index (χ4n) is 1.52. The zero-order valence-electron chi connectivity index (χ0n) is 11.0. The van der Waals surface area contributed by atoms with Gasteiger partial charge in [-0.2, -0.15) is 0 Å². The Kier molecular flexibility index (Phi) is 5.81. The first-order valence-corrected chi connectivity index (χ1v) is 5.84. The van der Waals surface area contributed by atoms with Crippen molar-refractivity contribution >= 4 is 11.8 Å². The van der Waals surface area contributed by atoms with Crippen LogP contribution in [0.2, 0.25) is 0 Å². The third-order valence-electron chi connectivity index (χ3n) is 2.43. The molecule has 0 heterocycles. The van der Waals surface area contributed by atoms with Crippen LogP contribution >= 0.6 is 0 Å². The molecule has 1 atom stereocenters. The Morgan fingerprint density at radius 3 is 2.47 bits per heavy atom. The van der Waals surface area contributed by atoms with Gasteiger partial charge in [-0.3, -0.25) is 9.59 Å². The van der Waals surface area contributed by atoms with E-state index in [1.54, 1.807) is 24.3 Å². The van der Waals surface area contributed by atoms with E-state index >= 15 is 0 Å². The smallest absolute Gasteiger partial charge is 0.245 e. The van der Waals surface area contributed by atoms with Crippen LogP contribution in [0, 0.1) is 0 Å². The minimum absolute atomic E-state index is 0.112. The normalized spacial score (nSPS) is 11.7. The number of carbonyl (C=O) groups excluding carboxylic acids is 2. The van der Waals surface area contributed by atoms with Crippen LogP contribution in [0.15, 0.2) is 24.3 Å². The number of hydrogen-bond acceptors (Lipinski definition) is 4. The SMILES string of the molecule is COC[C@H](NC(C)=O)C(=O)NCc1ccc(O)cc1. The third kappa shape index (κ3) is 5.39. The Morgan fingerprint density at radius 2 is 1.95 bits per heavy atom. The van der Waals surface area contributed by atoms with Crippen LogP contribution in [0.5, 0.6) is 5.75 Å². The largest absolute Gasteiger partial charge is 0.508 e. The molecule has 2 amide bonds. The number of amides is 2. The average molecular weight is 266 g/mol. The molecule has 0 aromatic heterocycles. The molecule has 104 valence electrons. The molecular formula is C13H18N2O4. The summed E-state index contributed by atoms with van der Waals surface area (Å²) in [5.41, 5.74) is 0.852. The summed E-state index contributed by atoms with van der Waals surface area (Å²) in [7, 11) is 1.46. The molecule has 0 radical (unpaired) electrons.